The van der Waals surface area contributed by atoms with Crippen molar-refractivity contribution in [1.29, 1.82) is 0 Å². The van der Waals surface area contributed by atoms with Crippen LogP contribution < -0.4 is 9.47 Å². The van der Waals surface area contributed by atoms with E-state index < -0.39 is 0 Å². The number of benzene rings is 1. The van der Waals surface area contributed by atoms with Crippen LogP contribution in [-0.2, 0) is 6.61 Å². The normalized spacial score (nSPS) is 9.57. The molecule has 1 aromatic carbocycles. The van der Waals surface area contributed by atoms with Gasteiger partial charge in [0.1, 0.15) is 6.61 Å². The Labute approximate surface area is 83.6 Å². The van der Waals surface area contributed by atoms with E-state index in [0.717, 1.165) is 0 Å². The number of aliphatic hydroxyl groups excluding tert-OH is 1. The summed E-state index contributed by atoms with van der Waals surface area (Å²) in [4.78, 5) is 0. The smallest absolute Gasteiger partial charge is 0.167 e. The van der Waals surface area contributed by atoms with Gasteiger partial charge >= 0.3 is 0 Å². The number of methoxy groups -OCH3 is 1. The topological polar surface area (TPSA) is 38.7 Å². The maximum absolute atomic E-state index is 9.08. The van der Waals surface area contributed by atoms with Crippen molar-refractivity contribution >= 4 is 0 Å². The molecular weight excluding hydrogens is 180 g/mol. The molecule has 0 aliphatic carbocycles. The number of rotatable bonds is 5. The zero-order valence-electron chi connectivity index (χ0n) is 8.19. The van der Waals surface area contributed by atoms with Gasteiger partial charge < -0.3 is 14.6 Å². The van der Waals surface area contributed by atoms with Crippen molar-refractivity contribution in [3.63, 3.8) is 0 Å². The Morgan fingerprint density at radius 3 is 2.86 bits per heavy atom. The average molecular weight is 194 g/mol. The Kier molecular flexibility index (Phi) is 4.01. The predicted octanol–water partition coefficient (Wildman–Crippen LogP) is 1.75. The lowest BCUT2D eigenvalue weighted by atomic mass is 10.2. The van der Waals surface area contributed by atoms with Crippen molar-refractivity contribution in [3.05, 3.63) is 36.4 Å². The molecule has 0 radical (unpaired) electrons. The third-order valence-corrected chi connectivity index (χ3v) is 1.80. The van der Waals surface area contributed by atoms with Crippen LogP contribution in [0.1, 0.15) is 5.56 Å². The summed E-state index contributed by atoms with van der Waals surface area (Å²) in [5, 5.41) is 9.08. The molecule has 0 aromatic heterocycles. The van der Waals surface area contributed by atoms with Crippen molar-refractivity contribution in [2.75, 3.05) is 13.7 Å². The van der Waals surface area contributed by atoms with Gasteiger partial charge in [0.15, 0.2) is 11.5 Å². The highest BCUT2D eigenvalue weighted by atomic mass is 16.5. The standard InChI is InChI=1S/C11H14O3/c1-3-7-14-11-9(8-12)5-4-6-10(11)13-2/h3-6,12H,1,7-8H2,2H3. The van der Waals surface area contributed by atoms with E-state index in [0.29, 0.717) is 23.7 Å². The van der Waals surface area contributed by atoms with Crippen LogP contribution in [0, 0.1) is 0 Å². The molecule has 0 amide bonds. The van der Waals surface area contributed by atoms with Crippen LogP contribution in [0.25, 0.3) is 0 Å². The van der Waals surface area contributed by atoms with Crippen LogP contribution in [0.5, 0.6) is 11.5 Å². The molecule has 1 aromatic rings. The number of aliphatic hydroxyl groups is 1. The van der Waals surface area contributed by atoms with Crippen LogP contribution in [-0.4, -0.2) is 18.8 Å². The van der Waals surface area contributed by atoms with Gasteiger partial charge in [-0.3, -0.25) is 0 Å². The highest BCUT2D eigenvalue weighted by Gasteiger charge is 2.08. The lowest BCUT2D eigenvalue weighted by molar-refractivity contribution is 0.264. The van der Waals surface area contributed by atoms with Gasteiger partial charge in [-0.25, -0.2) is 0 Å². The molecule has 0 saturated carbocycles. The second-order valence-electron chi connectivity index (χ2n) is 2.71. The molecule has 1 N–H and O–H groups in total. The molecule has 0 bridgehead atoms. The fourth-order valence-corrected chi connectivity index (χ4v) is 1.15. The summed E-state index contributed by atoms with van der Waals surface area (Å²) in [5.74, 6) is 1.20. The summed E-state index contributed by atoms with van der Waals surface area (Å²) < 4.78 is 10.5. The van der Waals surface area contributed by atoms with Crippen LogP contribution in [0.3, 0.4) is 0 Å². The highest BCUT2D eigenvalue weighted by molar-refractivity contribution is 5.46. The molecule has 1 rings (SSSR count). The minimum Gasteiger partial charge on any atom is -0.493 e. The van der Waals surface area contributed by atoms with E-state index in [2.05, 4.69) is 6.58 Å². The van der Waals surface area contributed by atoms with Crippen molar-refractivity contribution in [1.82, 2.24) is 0 Å². The molecule has 0 spiro atoms. The van der Waals surface area contributed by atoms with Gasteiger partial charge in [0.2, 0.25) is 0 Å². The van der Waals surface area contributed by atoms with Crippen molar-refractivity contribution in [3.8, 4) is 11.5 Å². The first kappa shape index (κ1) is 10.6. The van der Waals surface area contributed by atoms with E-state index in [1.165, 1.54) is 0 Å². The summed E-state index contributed by atoms with van der Waals surface area (Å²) >= 11 is 0. The summed E-state index contributed by atoms with van der Waals surface area (Å²) in [6, 6.07) is 5.39. The lowest BCUT2D eigenvalue weighted by Gasteiger charge is -2.12. The maximum atomic E-state index is 9.08. The summed E-state index contributed by atoms with van der Waals surface area (Å²) in [5.41, 5.74) is 0.714. The van der Waals surface area contributed by atoms with Gasteiger partial charge in [0.05, 0.1) is 13.7 Å². The number of hydrogen-bond donors (Lipinski definition) is 1. The van der Waals surface area contributed by atoms with E-state index in [4.69, 9.17) is 14.6 Å². The molecule has 0 fully saturated rings. The Bertz CT molecular complexity index is 285. The van der Waals surface area contributed by atoms with Crippen molar-refractivity contribution in [2.45, 2.75) is 6.61 Å². The average Bonchev–Trinajstić information content (AvgIpc) is 2.25. The fraction of sp³-hybridized carbons (Fsp3) is 0.273. The number of para-hydroxylation sites is 1. The van der Waals surface area contributed by atoms with Gasteiger partial charge in [-0.05, 0) is 6.07 Å². The molecule has 0 unspecified atom stereocenters. The fourth-order valence-electron chi connectivity index (χ4n) is 1.15. The van der Waals surface area contributed by atoms with Crippen LogP contribution in [0.2, 0.25) is 0 Å². The van der Waals surface area contributed by atoms with E-state index in [1.54, 1.807) is 25.3 Å². The van der Waals surface area contributed by atoms with Gasteiger partial charge in [-0.2, -0.15) is 0 Å². The van der Waals surface area contributed by atoms with E-state index in [1.807, 2.05) is 6.07 Å². The highest BCUT2D eigenvalue weighted by Crippen LogP contribution is 2.30. The first-order valence-electron chi connectivity index (χ1n) is 4.34. The molecule has 76 valence electrons. The summed E-state index contributed by atoms with van der Waals surface area (Å²) in [7, 11) is 1.57. The van der Waals surface area contributed by atoms with Gasteiger partial charge in [0.25, 0.3) is 0 Å². The van der Waals surface area contributed by atoms with E-state index >= 15 is 0 Å². The van der Waals surface area contributed by atoms with Crippen molar-refractivity contribution < 1.29 is 14.6 Å². The molecule has 0 atom stereocenters. The Morgan fingerprint density at radius 2 is 2.29 bits per heavy atom. The molecular formula is C11H14O3. The largest absolute Gasteiger partial charge is 0.493 e. The zero-order chi connectivity index (χ0) is 10.4. The van der Waals surface area contributed by atoms with Crippen LogP contribution >= 0.6 is 0 Å². The van der Waals surface area contributed by atoms with Crippen molar-refractivity contribution in [2.24, 2.45) is 0 Å². The second-order valence-corrected chi connectivity index (χ2v) is 2.71. The molecule has 14 heavy (non-hydrogen) atoms. The first-order chi connectivity index (χ1) is 6.83. The maximum Gasteiger partial charge on any atom is 0.167 e. The van der Waals surface area contributed by atoms with E-state index in [9.17, 15) is 0 Å². The van der Waals surface area contributed by atoms with Crippen LogP contribution in [0.15, 0.2) is 30.9 Å². The van der Waals surface area contributed by atoms with Gasteiger partial charge in [0, 0.05) is 5.56 Å². The molecule has 0 saturated heterocycles. The monoisotopic (exact) mass is 194 g/mol. The number of hydrogen-bond acceptors (Lipinski definition) is 3. The zero-order valence-corrected chi connectivity index (χ0v) is 8.19. The third-order valence-electron chi connectivity index (χ3n) is 1.80. The quantitative estimate of drug-likeness (QED) is 0.726. The van der Waals surface area contributed by atoms with Gasteiger partial charge in [-0.1, -0.05) is 24.8 Å². The Balaban J connectivity index is 2.99. The second kappa shape index (κ2) is 5.29. The first-order valence-corrected chi connectivity index (χ1v) is 4.34. The van der Waals surface area contributed by atoms with E-state index in [-0.39, 0.29) is 6.61 Å². The minimum absolute atomic E-state index is 0.0658. The molecule has 3 nitrogen and oxygen atoms in total. The lowest BCUT2D eigenvalue weighted by Crippen LogP contribution is -2.00. The van der Waals surface area contributed by atoms with Crippen LogP contribution in [0.4, 0.5) is 0 Å². The predicted molar refractivity (Wildman–Crippen MR) is 54.6 cm³/mol. The Hall–Kier alpha value is -1.48. The third kappa shape index (κ3) is 2.26. The molecule has 0 heterocycles. The summed E-state index contributed by atoms with van der Waals surface area (Å²) in [6.45, 7) is 3.89. The Morgan fingerprint density at radius 1 is 1.50 bits per heavy atom. The molecule has 0 aliphatic rings. The molecule has 3 heteroatoms. The van der Waals surface area contributed by atoms with Gasteiger partial charge in [-0.15, -0.1) is 0 Å². The number of ether oxygens (including phenoxy) is 2. The SMILES string of the molecule is C=CCOc1c(CO)cccc1OC. The summed E-state index contributed by atoms with van der Waals surface area (Å²) in [6.07, 6.45) is 1.65. The minimum atomic E-state index is -0.0658. The molecule has 0 aliphatic heterocycles.